The van der Waals surface area contributed by atoms with E-state index in [9.17, 15) is 4.79 Å². The van der Waals surface area contributed by atoms with Gasteiger partial charge in [-0.2, -0.15) is 0 Å². The molecule has 0 unspecified atom stereocenters. The molecule has 0 N–H and O–H groups in total. The average molecular weight is 644 g/mol. The molecule has 44 heavy (non-hydrogen) atoms. The number of likely N-dealkylation sites (N-methyl/N-ethyl adjacent to an activating group) is 1. The van der Waals surface area contributed by atoms with E-state index in [1.54, 1.807) is 18.7 Å². The van der Waals surface area contributed by atoms with Gasteiger partial charge in [0, 0.05) is 13.1 Å². The normalized spacial score (nSPS) is 29.7. The number of fused-ring (bicyclic) bond motifs is 1. The van der Waals surface area contributed by atoms with Crippen molar-refractivity contribution in [3.05, 3.63) is 47.6 Å². The van der Waals surface area contributed by atoms with Crippen LogP contribution in [0, 0.1) is 17.3 Å². The Kier molecular flexibility index (Phi) is 11.7. The summed E-state index contributed by atoms with van der Waals surface area (Å²) in [5, 5.41) is 1.61. The van der Waals surface area contributed by atoms with E-state index in [0.717, 1.165) is 31.3 Å². The molecule has 3 fully saturated rings. The Hall–Kier alpha value is -1.26. The zero-order valence-corrected chi connectivity index (χ0v) is 32.6. The van der Waals surface area contributed by atoms with E-state index in [0.29, 0.717) is 11.8 Å². The summed E-state index contributed by atoms with van der Waals surface area (Å²) >= 11 is 0. The lowest BCUT2D eigenvalue weighted by atomic mass is 9.62. The van der Waals surface area contributed by atoms with E-state index in [1.807, 2.05) is 6.08 Å². The molecule has 0 spiro atoms. The number of hydrogen-bond donors (Lipinski definition) is 0. The fraction of sp³-hybridized carbons (Fsp3) is 0.757. The molecular weight excluding hydrogens is 579 g/mol. The first kappa shape index (κ1) is 37.2. The smallest absolute Gasteiger partial charge is 0.269 e. The minimum Gasteiger partial charge on any atom is -0.414 e. The molecule has 3 aliphatic rings. The van der Waals surface area contributed by atoms with Crippen molar-refractivity contribution in [2.75, 3.05) is 14.2 Å². The van der Waals surface area contributed by atoms with Gasteiger partial charge in [0.05, 0.1) is 19.3 Å². The zero-order valence-electron chi connectivity index (χ0n) is 30.6. The lowest BCUT2D eigenvalue weighted by Gasteiger charge is -2.45. The molecule has 250 valence electrons. The van der Waals surface area contributed by atoms with Crippen molar-refractivity contribution >= 4 is 22.5 Å². The van der Waals surface area contributed by atoms with Crippen LogP contribution in [0.4, 0.5) is 0 Å². The van der Waals surface area contributed by atoms with Crippen LogP contribution >= 0.6 is 0 Å². The lowest BCUT2D eigenvalue weighted by Crippen LogP contribution is -2.48. The molecule has 0 aromatic heterocycles. The minimum atomic E-state index is -1.90. The average Bonchev–Trinajstić information content (AvgIpc) is 3.25. The molecule has 3 rings (SSSR count). The predicted molar refractivity (Wildman–Crippen MR) is 190 cm³/mol. The van der Waals surface area contributed by atoms with Gasteiger partial charge in [-0.25, -0.2) is 5.06 Å². The quantitative estimate of drug-likeness (QED) is 0.109. The molecule has 0 saturated heterocycles. The first-order valence-corrected chi connectivity index (χ1v) is 22.9. The number of hydroxylamine groups is 2. The third kappa shape index (κ3) is 8.55. The highest BCUT2D eigenvalue weighted by molar-refractivity contribution is 6.74. The Morgan fingerprint density at radius 2 is 1.48 bits per heavy atom. The number of amides is 1. The second-order valence-corrected chi connectivity index (χ2v) is 26.7. The van der Waals surface area contributed by atoms with E-state index < -0.39 is 16.6 Å². The van der Waals surface area contributed by atoms with Gasteiger partial charge in [0.2, 0.25) is 0 Å². The molecule has 0 radical (unpaired) electrons. The van der Waals surface area contributed by atoms with Gasteiger partial charge in [-0.15, -0.1) is 0 Å². The first-order chi connectivity index (χ1) is 20.1. The molecule has 0 bridgehead atoms. The summed E-state index contributed by atoms with van der Waals surface area (Å²) in [7, 11) is -0.670. The predicted octanol–water partition coefficient (Wildman–Crippen LogP) is 10.2. The fourth-order valence-electron chi connectivity index (χ4n) is 7.19. The van der Waals surface area contributed by atoms with Gasteiger partial charge >= 0.3 is 0 Å². The minimum absolute atomic E-state index is 0.164. The SMILES string of the molecule is C=C(/C=C/C(=O)N(C)OC)[C@H]1CC[C@H]2/C(=C/C=C3C[C@@H](O[Si](C)(C)C(C)(C)C)C[C@H](O[Si](C)(C)C(C)(C)C)C3)CCC[C@]12C. The Morgan fingerprint density at radius 1 is 0.932 bits per heavy atom. The third-order valence-corrected chi connectivity index (χ3v) is 21.1. The van der Waals surface area contributed by atoms with E-state index in [1.165, 1.54) is 43.4 Å². The zero-order chi connectivity index (χ0) is 33.3. The van der Waals surface area contributed by atoms with Gasteiger partial charge in [-0.05, 0) is 105 Å². The Bertz CT molecular complexity index is 1100. The van der Waals surface area contributed by atoms with Crippen LogP contribution in [0.3, 0.4) is 0 Å². The van der Waals surface area contributed by atoms with Crippen LogP contribution in [0.25, 0.3) is 0 Å². The molecule has 1 amide bonds. The highest BCUT2D eigenvalue weighted by Crippen LogP contribution is 2.59. The van der Waals surface area contributed by atoms with E-state index in [4.69, 9.17) is 13.7 Å². The maximum atomic E-state index is 12.3. The van der Waals surface area contributed by atoms with Crippen LogP contribution in [0.1, 0.15) is 99.8 Å². The number of nitrogens with zero attached hydrogens (tertiary/aromatic N) is 1. The Balaban J connectivity index is 1.84. The Morgan fingerprint density at radius 3 is 1.98 bits per heavy atom. The van der Waals surface area contributed by atoms with Crippen molar-refractivity contribution in [3.63, 3.8) is 0 Å². The number of hydrogen-bond acceptors (Lipinski definition) is 4. The van der Waals surface area contributed by atoms with Crippen molar-refractivity contribution in [3.8, 4) is 0 Å². The van der Waals surface area contributed by atoms with Crippen molar-refractivity contribution in [2.24, 2.45) is 17.3 Å². The van der Waals surface area contributed by atoms with Gasteiger partial charge in [0.1, 0.15) is 0 Å². The molecule has 5 atom stereocenters. The fourth-order valence-corrected chi connectivity index (χ4v) is 9.93. The van der Waals surface area contributed by atoms with E-state index in [-0.39, 0.29) is 33.6 Å². The van der Waals surface area contributed by atoms with Gasteiger partial charge in [0.25, 0.3) is 5.91 Å². The molecule has 0 aromatic rings. The molecule has 7 heteroatoms. The maximum Gasteiger partial charge on any atom is 0.269 e. The van der Waals surface area contributed by atoms with Crippen molar-refractivity contribution in [2.45, 2.75) is 148 Å². The molecule has 0 heterocycles. The van der Waals surface area contributed by atoms with Gasteiger partial charge in [-0.1, -0.05) is 90.0 Å². The molecule has 5 nitrogen and oxygen atoms in total. The summed E-state index contributed by atoms with van der Waals surface area (Å²) in [6.07, 6.45) is 17.8. The molecule has 0 aromatic carbocycles. The second-order valence-electron chi connectivity index (χ2n) is 17.2. The molecule has 3 saturated carbocycles. The second kappa shape index (κ2) is 13.8. The van der Waals surface area contributed by atoms with Crippen molar-refractivity contribution in [1.29, 1.82) is 0 Å². The Labute approximate surface area is 272 Å². The summed E-state index contributed by atoms with van der Waals surface area (Å²) in [6, 6.07) is 0. The van der Waals surface area contributed by atoms with Gasteiger partial charge in [-0.3, -0.25) is 9.63 Å². The van der Waals surface area contributed by atoms with Crippen LogP contribution in [0.2, 0.25) is 36.3 Å². The maximum absolute atomic E-state index is 12.3. The summed E-state index contributed by atoms with van der Waals surface area (Å²) < 4.78 is 14.1. The van der Waals surface area contributed by atoms with E-state index >= 15 is 0 Å². The van der Waals surface area contributed by atoms with Crippen molar-refractivity contribution < 1.29 is 18.5 Å². The largest absolute Gasteiger partial charge is 0.414 e. The molecule has 3 aliphatic carbocycles. The van der Waals surface area contributed by atoms with Crippen LogP contribution in [-0.4, -0.2) is 54.0 Å². The topological polar surface area (TPSA) is 48.0 Å². The number of allylic oxidation sites excluding steroid dienone is 5. The van der Waals surface area contributed by atoms with Crippen LogP contribution in [-0.2, 0) is 18.5 Å². The lowest BCUT2D eigenvalue weighted by molar-refractivity contribution is -0.162. The summed E-state index contributed by atoms with van der Waals surface area (Å²) in [5.41, 5.74) is 4.31. The van der Waals surface area contributed by atoms with Gasteiger partial charge in [0.15, 0.2) is 16.6 Å². The highest BCUT2D eigenvalue weighted by Gasteiger charge is 2.50. The number of rotatable bonds is 9. The van der Waals surface area contributed by atoms with Crippen LogP contribution < -0.4 is 0 Å². The highest BCUT2D eigenvalue weighted by atomic mass is 28.4. The first-order valence-electron chi connectivity index (χ1n) is 17.0. The third-order valence-electron chi connectivity index (χ3n) is 12.0. The van der Waals surface area contributed by atoms with E-state index in [2.05, 4.69) is 93.4 Å². The van der Waals surface area contributed by atoms with Crippen LogP contribution in [0.5, 0.6) is 0 Å². The monoisotopic (exact) mass is 643 g/mol. The van der Waals surface area contributed by atoms with Gasteiger partial charge < -0.3 is 8.85 Å². The summed E-state index contributed by atoms with van der Waals surface area (Å²) in [4.78, 5) is 17.3. The molecular formula is C37H65NO4Si2. The van der Waals surface area contributed by atoms with Crippen LogP contribution in [0.15, 0.2) is 47.6 Å². The summed E-state index contributed by atoms with van der Waals surface area (Å²) in [6.45, 7) is 30.4. The molecule has 0 aliphatic heterocycles. The number of carbonyl (C=O) groups excluding carboxylic acids is 1. The number of carbonyl (C=O) groups is 1. The standard InChI is InChI=1S/C37H65NO4Si2/c1-27(17-22-34(39)38(9)40-10)32-20-21-33-29(16-15-23-37(32,33)8)19-18-28-24-30(41-43(11,12)35(2,3)4)26-31(25-28)42-44(13,14)36(5,6)7/h17-19,22,30-33H,1,15-16,20-21,23-26H2,2-14H3/b22-17+,29-19+/t30-,31-,32-,33+,37-/m1/s1. The summed E-state index contributed by atoms with van der Waals surface area (Å²) in [5.74, 6) is 0.784. The van der Waals surface area contributed by atoms with Crippen molar-refractivity contribution in [1.82, 2.24) is 5.06 Å².